The van der Waals surface area contributed by atoms with Gasteiger partial charge in [-0.3, -0.25) is 0 Å². The van der Waals surface area contributed by atoms with Gasteiger partial charge in [0.2, 0.25) is 0 Å². The molecule has 1 aliphatic rings. The van der Waals surface area contributed by atoms with Crippen molar-refractivity contribution in [3.63, 3.8) is 0 Å². The van der Waals surface area contributed by atoms with Crippen LogP contribution in [0.5, 0.6) is 0 Å². The van der Waals surface area contributed by atoms with Crippen molar-refractivity contribution < 1.29 is 24.3 Å². The van der Waals surface area contributed by atoms with Gasteiger partial charge >= 0.3 is 12.1 Å². The monoisotopic (exact) mass is 314 g/mol. The van der Waals surface area contributed by atoms with Crippen molar-refractivity contribution in [2.45, 2.75) is 44.9 Å². The van der Waals surface area contributed by atoms with Crippen molar-refractivity contribution in [1.29, 1.82) is 0 Å². The van der Waals surface area contributed by atoms with E-state index in [2.05, 4.69) is 10.5 Å². The van der Waals surface area contributed by atoms with Gasteiger partial charge in [-0.1, -0.05) is 16.8 Å². The molecule has 110 valence electrons. The number of rotatable bonds is 3. The minimum absolute atomic E-state index is 0. The molecule has 2 atom stereocenters. The number of carbonyl (C=O) groups excluding carboxylic acids is 1. The molecule has 0 saturated carbocycles. The summed E-state index contributed by atoms with van der Waals surface area (Å²) in [6.07, 6.45) is -1.53. The van der Waals surface area contributed by atoms with Crippen LogP contribution in [0.4, 0.5) is 4.79 Å². The van der Waals surface area contributed by atoms with Gasteiger partial charge in [0.15, 0.2) is 12.1 Å². The van der Waals surface area contributed by atoms with Gasteiger partial charge in [0.25, 0.3) is 0 Å². The van der Waals surface area contributed by atoms with E-state index < -0.39 is 29.8 Å². The van der Waals surface area contributed by atoms with Crippen molar-refractivity contribution in [2.24, 2.45) is 5.16 Å². The summed E-state index contributed by atoms with van der Waals surface area (Å²) >= 11 is 5.59. The Morgan fingerprint density at radius 2 is 2.16 bits per heavy atom. The van der Waals surface area contributed by atoms with Crippen molar-refractivity contribution in [3.8, 4) is 0 Å². The second-order valence-corrected chi connectivity index (χ2v) is 5.21. The fourth-order valence-corrected chi connectivity index (χ4v) is 1.48. The SMILES string of the molecule is CC(C)(C)OC(=O)NC(C(=O)O)C1CC(Cl)=NO1.Cl. The van der Waals surface area contributed by atoms with Crippen LogP contribution in [0.3, 0.4) is 0 Å². The highest BCUT2D eigenvalue weighted by atomic mass is 35.5. The molecule has 0 fully saturated rings. The Morgan fingerprint density at radius 3 is 2.53 bits per heavy atom. The Kier molecular flexibility index (Phi) is 6.38. The predicted molar refractivity (Wildman–Crippen MR) is 70.8 cm³/mol. The lowest BCUT2D eigenvalue weighted by Crippen LogP contribution is -2.50. The van der Waals surface area contributed by atoms with E-state index in [0.717, 1.165) is 0 Å². The Hall–Kier alpha value is -1.21. The molecule has 1 amide bonds. The smallest absolute Gasteiger partial charge is 0.408 e. The average Bonchev–Trinajstić information content (AvgIpc) is 2.57. The lowest BCUT2D eigenvalue weighted by molar-refractivity contribution is -0.143. The molecule has 7 nitrogen and oxygen atoms in total. The number of nitrogens with zero attached hydrogens (tertiary/aromatic N) is 1. The minimum atomic E-state index is -1.26. The number of carboxylic acids is 1. The summed E-state index contributed by atoms with van der Waals surface area (Å²) < 4.78 is 4.97. The van der Waals surface area contributed by atoms with Crippen LogP contribution in [0.2, 0.25) is 0 Å². The number of hydrogen-bond donors (Lipinski definition) is 2. The van der Waals surface area contributed by atoms with E-state index in [1.165, 1.54) is 0 Å². The number of halogens is 2. The molecule has 2 unspecified atom stereocenters. The van der Waals surface area contributed by atoms with Crippen LogP contribution in [-0.2, 0) is 14.4 Å². The lowest BCUT2D eigenvalue weighted by Gasteiger charge is -2.23. The highest BCUT2D eigenvalue weighted by Crippen LogP contribution is 2.17. The van der Waals surface area contributed by atoms with Crippen molar-refractivity contribution in [3.05, 3.63) is 0 Å². The maximum Gasteiger partial charge on any atom is 0.408 e. The summed E-state index contributed by atoms with van der Waals surface area (Å²) in [4.78, 5) is 27.4. The largest absolute Gasteiger partial charge is 0.480 e. The third kappa shape index (κ3) is 5.98. The van der Waals surface area contributed by atoms with E-state index in [0.29, 0.717) is 0 Å². The number of carbonyl (C=O) groups is 2. The van der Waals surface area contributed by atoms with E-state index in [4.69, 9.17) is 26.3 Å². The molecule has 1 rings (SSSR count). The molecular formula is C10H16Cl2N2O5. The fourth-order valence-electron chi connectivity index (χ4n) is 1.29. The highest BCUT2D eigenvalue weighted by molar-refractivity contribution is 6.65. The molecule has 0 aromatic rings. The number of aliphatic carboxylic acids is 1. The number of alkyl carbamates (subject to hydrolysis) is 1. The first-order chi connectivity index (χ1) is 8.19. The number of amides is 1. The van der Waals surface area contributed by atoms with E-state index in [-0.39, 0.29) is 24.0 Å². The van der Waals surface area contributed by atoms with Gasteiger partial charge in [-0.2, -0.15) is 0 Å². The van der Waals surface area contributed by atoms with Gasteiger partial charge in [-0.15, -0.1) is 12.4 Å². The van der Waals surface area contributed by atoms with Crippen LogP contribution < -0.4 is 5.32 Å². The Balaban J connectivity index is 0.00000324. The van der Waals surface area contributed by atoms with Gasteiger partial charge in [-0.25, -0.2) is 9.59 Å². The molecule has 0 aromatic carbocycles. The Bertz CT molecular complexity index is 381. The van der Waals surface area contributed by atoms with Crippen molar-refractivity contribution >= 4 is 41.2 Å². The normalized spacial score (nSPS) is 19.6. The summed E-state index contributed by atoms with van der Waals surface area (Å²) in [6, 6.07) is -1.26. The van der Waals surface area contributed by atoms with E-state index in [9.17, 15) is 9.59 Å². The number of hydrogen-bond acceptors (Lipinski definition) is 5. The van der Waals surface area contributed by atoms with E-state index in [1.807, 2.05) is 0 Å². The molecule has 1 aliphatic heterocycles. The standard InChI is InChI=1S/C10H15ClN2O5.ClH/c1-10(2,3)17-9(16)12-7(8(14)15)5-4-6(11)13-18-5;/h5,7H,4H2,1-3H3,(H,12,16)(H,14,15);1H. The maximum atomic E-state index is 11.5. The zero-order chi connectivity index (χ0) is 13.9. The van der Waals surface area contributed by atoms with Crippen LogP contribution in [0, 0.1) is 0 Å². The van der Waals surface area contributed by atoms with Crippen LogP contribution in [0.15, 0.2) is 5.16 Å². The molecule has 19 heavy (non-hydrogen) atoms. The molecule has 0 radical (unpaired) electrons. The predicted octanol–water partition coefficient (Wildman–Crippen LogP) is 1.73. The summed E-state index contributed by atoms with van der Waals surface area (Å²) in [7, 11) is 0. The molecule has 0 spiro atoms. The molecule has 2 N–H and O–H groups in total. The third-order valence-corrected chi connectivity index (χ3v) is 2.19. The number of oxime groups is 1. The Morgan fingerprint density at radius 1 is 1.58 bits per heavy atom. The number of carboxylic acid groups (broad SMARTS) is 1. The third-order valence-electron chi connectivity index (χ3n) is 1.97. The minimum Gasteiger partial charge on any atom is -0.480 e. The highest BCUT2D eigenvalue weighted by Gasteiger charge is 2.36. The molecule has 1 heterocycles. The first-order valence-corrected chi connectivity index (χ1v) is 5.67. The summed E-state index contributed by atoms with van der Waals surface area (Å²) in [5.74, 6) is -1.24. The zero-order valence-electron chi connectivity index (χ0n) is 10.7. The van der Waals surface area contributed by atoms with Crippen LogP contribution >= 0.6 is 24.0 Å². The topological polar surface area (TPSA) is 97.2 Å². The average molecular weight is 315 g/mol. The molecular weight excluding hydrogens is 299 g/mol. The molecule has 0 aliphatic carbocycles. The van der Waals surface area contributed by atoms with Crippen molar-refractivity contribution in [1.82, 2.24) is 5.32 Å². The van der Waals surface area contributed by atoms with Gasteiger partial charge in [0, 0.05) is 6.42 Å². The maximum absolute atomic E-state index is 11.5. The zero-order valence-corrected chi connectivity index (χ0v) is 12.2. The van der Waals surface area contributed by atoms with Gasteiger partial charge in [0.1, 0.15) is 10.8 Å². The number of ether oxygens (including phenoxy) is 1. The second kappa shape index (κ2) is 6.81. The summed E-state index contributed by atoms with van der Waals surface area (Å²) in [6.45, 7) is 5.03. The molecule has 0 bridgehead atoms. The van der Waals surface area contributed by atoms with Gasteiger partial charge < -0.3 is 20.0 Å². The van der Waals surface area contributed by atoms with Crippen LogP contribution in [-0.4, -0.2) is 40.1 Å². The first kappa shape index (κ1) is 17.8. The van der Waals surface area contributed by atoms with Crippen LogP contribution in [0.1, 0.15) is 27.2 Å². The Labute approximate surface area is 121 Å². The summed E-state index contributed by atoms with van der Waals surface area (Å²) in [5, 5.41) is 14.8. The first-order valence-electron chi connectivity index (χ1n) is 5.29. The second-order valence-electron chi connectivity index (χ2n) is 4.78. The van der Waals surface area contributed by atoms with E-state index in [1.54, 1.807) is 20.8 Å². The lowest BCUT2D eigenvalue weighted by atomic mass is 10.1. The van der Waals surface area contributed by atoms with E-state index >= 15 is 0 Å². The summed E-state index contributed by atoms with van der Waals surface area (Å²) in [5.41, 5.74) is -0.711. The number of nitrogens with one attached hydrogen (secondary N) is 1. The van der Waals surface area contributed by atoms with Gasteiger partial charge in [-0.05, 0) is 20.8 Å². The molecule has 9 heteroatoms. The quantitative estimate of drug-likeness (QED) is 0.826. The van der Waals surface area contributed by atoms with Gasteiger partial charge in [0.05, 0.1) is 0 Å². The molecule has 0 aromatic heterocycles. The fraction of sp³-hybridized carbons (Fsp3) is 0.700. The van der Waals surface area contributed by atoms with Crippen molar-refractivity contribution in [2.75, 3.05) is 0 Å². The molecule has 0 saturated heterocycles. The van der Waals surface area contributed by atoms with Crippen LogP contribution in [0.25, 0.3) is 0 Å².